The lowest BCUT2D eigenvalue weighted by atomic mass is 10.1. The molecule has 0 atom stereocenters. The lowest BCUT2D eigenvalue weighted by molar-refractivity contribution is 0.178. The molecule has 23 heavy (non-hydrogen) atoms. The van der Waals surface area contributed by atoms with E-state index in [1.54, 1.807) is 4.80 Å². The molecule has 0 amide bonds. The Bertz CT molecular complexity index is 675. The summed E-state index contributed by atoms with van der Waals surface area (Å²) in [7, 11) is 1.88. The first-order chi connectivity index (χ1) is 11.3. The molecule has 1 aromatic carbocycles. The van der Waals surface area contributed by atoms with Crippen LogP contribution in [0.1, 0.15) is 42.5 Å². The quantitative estimate of drug-likeness (QED) is 0.851. The van der Waals surface area contributed by atoms with Crippen molar-refractivity contribution >= 4 is 0 Å². The second kappa shape index (κ2) is 6.32. The van der Waals surface area contributed by atoms with Gasteiger partial charge in [0, 0.05) is 32.6 Å². The van der Waals surface area contributed by atoms with Gasteiger partial charge in [-0.1, -0.05) is 25.0 Å². The zero-order valence-electron chi connectivity index (χ0n) is 13.7. The van der Waals surface area contributed by atoms with Crippen molar-refractivity contribution in [2.75, 3.05) is 6.61 Å². The lowest BCUT2D eigenvalue weighted by Gasteiger charge is -2.28. The predicted molar refractivity (Wildman–Crippen MR) is 88.1 cm³/mol. The number of nitrogens with zero attached hydrogens (tertiary/aromatic N) is 4. The molecule has 1 aliphatic carbocycles. The van der Waals surface area contributed by atoms with Crippen molar-refractivity contribution in [2.45, 2.75) is 51.2 Å². The predicted octanol–water partition coefficient (Wildman–Crippen LogP) is 2.69. The van der Waals surface area contributed by atoms with Crippen LogP contribution in [0.4, 0.5) is 0 Å². The molecule has 0 N–H and O–H groups in total. The van der Waals surface area contributed by atoms with Gasteiger partial charge in [-0.3, -0.25) is 4.90 Å². The van der Waals surface area contributed by atoms with Gasteiger partial charge in [0.1, 0.15) is 5.75 Å². The van der Waals surface area contributed by atoms with Crippen molar-refractivity contribution < 1.29 is 4.74 Å². The molecule has 0 bridgehead atoms. The molecule has 1 aliphatic heterocycles. The van der Waals surface area contributed by atoms with Crippen LogP contribution in [0.15, 0.2) is 24.4 Å². The fourth-order valence-corrected chi connectivity index (χ4v) is 3.82. The van der Waals surface area contributed by atoms with E-state index in [9.17, 15) is 0 Å². The molecular formula is C18H24N4O. The van der Waals surface area contributed by atoms with Gasteiger partial charge in [0.05, 0.1) is 18.5 Å². The molecule has 2 aliphatic rings. The van der Waals surface area contributed by atoms with Crippen molar-refractivity contribution in [3.63, 3.8) is 0 Å². The smallest absolute Gasteiger partial charge is 0.122 e. The first-order valence-electron chi connectivity index (χ1n) is 8.62. The summed E-state index contributed by atoms with van der Waals surface area (Å²) in [5.74, 6) is 1.06. The van der Waals surface area contributed by atoms with Crippen molar-refractivity contribution in [1.82, 2.24) is 19.9 Å². The molecule has 4 rings (SSSR count). The van der Waals surface area contributed by atoms with Crippen LogP contribution in [-0.4, -0.2) is 32.5 Å². The first kappa shape index (κ1) is 14.7. The number of fused-ring (bicyclic) bond motifs is 1. The van der Waals surface area contributed by atoms with Crippen molar-refractivity contribution in [3.8, 4) is 5.75 Å². The molecule has 5 nitrogen and oxygen atoms in total. The number of benzene rings is 1. The SMILES string of the molecule is Cn1ncc(CN(Cc2ccc3c(c2)CCO3)C2CCCC2)n1. The molecule has 5 heteroatoms. The molecule has 0 unspecified atom stereocenters. The molecule has 1 aromatic heterocycles. The number of aryl methyl sites for hydroxylation is 1. The van der Waals surface area contributed by atoms with Crippen molar-refractivity contribution in [2.24, 2.45) is 7.05 Å². The zero-order valence-corrected chi connectivity index (χ0v) is 13.7. The van der Waals surface area contributed by atoms with E-state index in [0.29, 0.717) is 6.04 Å². The minimum Gasteiger partial charge on any atom is -0.493 e. The van der Waals surface area contributed by atoms with E-state index < -0.39 is 0 Å². The third-order valence-electron chi connectivity index (χ3n) is 4.99. The fourth-order valence-electron chi connectivity index (χ4n) is 3.82. The molecule has 0 saturated heterocycles. The van der Waals surface area contributed by atoms with Crippen LogP contribution in [0.2, 0.25) is 0 Å². The molecule has 2 aromatic rings. The Balaban J connectivity index is 1.52. The van der Waals surface area contributed by atoms with Crippen LogP contribution < -0.4 is 4.74 Å². The van der Waals surface area contributed by atoms with E-state index in [2.05, 4.69) is 33.3 Å². The highest BCUT2D eigenvalue weighted by molar-refractivity contribution is 5.39. The Morgan fingerprint density at radius 3 is 2.91 bits per heavy atom. The average Bonchev–Trinajstić information content (AvgIpc) is 3.27. The van der Waals surface area contributed by atoms with Crippen LogP contribution in [0.5, 0.6) is 5.75 Å². The maximum absolute atomic E-state index is 5.62. The fraction of sp³-hybridized carbons (Fsp3) is 0.556. The van der Waals surface area contributed by atoms with E-state index in [1.165, 1.54) is 36.8 Å². The molecule has 0 spiro atoms. The molecule has 1 saturated carbocycles. The summed E-state index contributed by atoms with van der Waals surface area (Å²) in [6.45, 7) is 2.69. The molecule has 0 radical (unpaired) electrons. The van der Waals surface area contributed by atoms with Gasteiger partial charge in [0.15, 0.2) is 0 Å². The summed E-state index contributed by atoms with van der Waals surface area (Å²) in [5, 5.41) is 8.68. The third-order valence-corrected chi connectivity index (χ3v) is 4.99. The second-order valence-corrected chi connectivity index (χ2v) is 6.71. The lowest BCUT2D eigenvalue weighted by Crippen LogP contribution is -2.32. The topological polar surface area (TPSA) is 43.2 Å². The first-order valence-corrected chi connectivity index (χ1v) is 8.62. The largest absolute Gasteiger partial charge is 0.493 e. The van der Waals surface area contributed by atoms with Crippen LogP contribution in [0, 0.1) is 0 Å². The summed E-state index contributed by atoms with van der Waals surface area (Å²) < 4.78 is 5.62. The Hall–Kier alpha value is -1.88. The standard InChI is InChI=1S/C18H24N4O/c1-21-19-11-16(20-21)13-22(17-4-2-3-5-17)12-14-6-7-18-15(10-14)8-9-23-18/h6-7,10-11,17H,2-5,8-9,12-13H2,1H3. The Kier molecular flexibility index (Phi) is 4.04. The monoisotopic (exact) mass is 312 g/mol. The average molecular weight is 312 g/mol. The normalized spacial score (nSPS) is 17.7. The summed E-state index contributed by atoms with van der Waals surface area (Å²) in [4.78, 5) is 4.23. The van der Waals surface area contributed by atoms with E-state index in [0.717, 1.165) is 37.6 Å². The molecule has 122 valence electrons. The van der Waals surface area contributed by atoms with Crippen LogP contribution in [0.3, 0.4) is 0 Å². The van der Waals surface area contributed by atoms with Gasteiger partial charge in [-0.2, -0.15) is 15.0 Å². The molecular weight excluding hydrogens is 288 g/mol. The Morgan fingerprint density at radius 1 is 1.26 bits per heavy atom. The highest BCUT2D eigenvalue weighted by Crippen LogP contribution is 2.29. The minimum absolute atomic E-state index is 0.668. The van der Waals surface area contributed by atoms with Crippen LogP contribution >= 0.6 is 0 Å². The number of hydrogen-bond acceptors (Lipinski definition) is 4. The maximum atomic E-state index is 5.62. The van der Waals surface area contributed by atoms with E-state index >= 15 is 0 Å². The summed E-state index contributed by atoms with van der Waals surface area (Å²) in [6, 6.07) is 7.33. The molecule has 2 heterocycles. The van der Waals surface area contributed by atoms with Crippen molar-refractivity contribution in [3.05, 3.63) is 41.2 Å². The van der Waals surface area contributed by atoms with Gasteiger partial charge >= 0.3 is 0 Å². The van der Waals surface area contributed by atoms with Gasteiger partial charge in [-0.25, -0.2) is 0 Å². The third kappa shape index (κ3) is 3.24. The van der Waals surface area contributed by atoms with Gasteiger partial charge in [0.25, 0.3) is 0 Å². The van der Waals surface area contributed by atoms with Gasteiger partial charge in [-0.15, -0.1) is 0 Å². The van der Waals surface area contributed by atoms with Crippen LogP contribution in [-0.2, 0) is 26.6 Å². The number of ether oxygens (including phenoxy) is 1. The van der Waals surface area contributed by atoms with E-state index in [4.69, 9.17) is 4.74 Å². The Morgan fingerprint density at radius 2 is 2.13 bits per heavy atom. The van der Waals surface area contributed by atoms with Gasteiger partial charge in [-0.05, 0) is 30.0 Å². The van der Waals surface area contributed by atoms with Crippen LogP contribution in [0.25, 0.3) is 0 Å². The summed E-state index contributed by atoms with van der Waals surface area (Å²) >= 11 is 0. The van der Waals surface area contributed by atoms with Gasteiger partial charge < -0.3 is 4.74 Å². The molecule has 1 fully saturated rings. The van der Waals surface area contributed by atoms with E-state index in [1.807, 2.05) is 13.2 Å². The second-order valence-electron chi connectivity index (χ2n) is 6.71. The summed E-state index contributed by atoms with van der Waals surface area (Å²) in [6.07, 6.45) is 8.22. The zero-order chi connectivity index (χ0) is 15.6. The highest BCUT2D eigenvalue weighted by atomic mass is 16.5. The van der Waals surface area contributed by atoms with Gasteiger partial charge in [0.2, 0.25) is 0 Å². The summed E-state index contributed by atoms with van der Waals surface area (Å²) in [5.41, 5.74) is 3.79. The van der Waals surface area contributed by atoms with Crippen molar-refractivity contribution in [1.29, 1.82) is 0 Å². The van der Waals surface area contributed by atoms with E-state index in [-0.39, 0.29) is 0 Å². The Labute approximate surface area is 137 Å². The minimum atomic E-state index is 0.668. The number of aromatic nitrogens is 3. The number of hydrogen-bond donors (Lipinski definition) is 0. The number of rotatable bonds is 5. The maximum Gasteiger partial charge on any atom is 0.122 e. The highest BCUT2D eigenvalue weighted by Gasteiger charge is 2.24.